The Morgan fingerprint density at radius 2 is 1.84 bits per heavy atom. The van der Waals surface area contributed by atoms with Crippen LogP contribution in [0, 0.1) is 0 Å². The molecule has 4 heteroatoms. The number of benzene rings is 1. The van der Waals surface area contributed by atoms with E-state index in [2.05, 4.69) is 31.4 Å². The third-order valence-electron chi connectivity index (χ3n) is 2.95. The Hall–Kier alpha value is -1.55. The number of aliphatic hydroxyl groups excluding tert-OH is 1. The van der Waals surface area contributed by atoms with Crippen LogP contribution < -0.4 is 10.6 Å². The molecular weight excluding hydrogens is 240 g/mol. The van der Waals surface area contributed by atoms with Crippen LogP contribution >= 0.6 is 0 Å². The van der Waals surface area contributed by atoms with Crippen LogP contribution in [0.1, 0.15) is 39.7 Å². The lowest BCUT2D eigenvalue weighted by Gasteiger charge is -2.19. The Morgan fingerprint density at radius 1 is 1.26 bits per heavy atom. The fourth-order valence-electron chi connectivity index (χ4n) is 1.71. The molecule has 0 heterocycles. The molecule has 19 heavy (non-hydrogen) atoms. The molecule has 0 saturated heterocycles. The first kappa shape index (κ1) is 15.5. The predicted octanol–water partition coefficient (Wildman–Crippen LogP) is 2.88. The molecule has 1 aromatic rings. The van der Waals surface area contributed by atoms with Crippen molar-refractivity contribution in [2.75, 3.05) is 11.9 Å². The van der Waals surface area contributed by atoms with E-state index < -0.39 is 0 Å². The predicted molar refractivity (Wildman–Crippen MR) is 78.5 cm³/mol. The summed E-state index contributed by atoms with van der Waals surface area (Å²) >= 11 is 0. The molecule has 106 valence electrons. The zero-order valence-corrected chi connectivity index (χ0v) is 12.2. The fraction of sp³-hybridized carbons (Fsp3) is 0.533. The summed E-state index contributed by atoms with van der Waals surface area (Å²) < 4.78 is 0. The lowest BCUT2D eigenvalue weighted by Crippen LogP contribution is -2.36. The molecule has 4 nitrogen and oxygen atoms in total. The van der Waals surface area contributed by atoms with Crippen molar-refractivity contribution in [3.63, 3.8) is 0 Å². The number of anilines is 1. The van der Waals surface area contributed by atoms with Crippen molar-refractivity contribution in [2.45, 2.75) is 45.6 Å². The van der Waals surface area contributed by atoms with Crippen molar-refractivity contribution in [3.8, 4) is 0 Å². The van der Waals surface area contributed by atoms with Crippen LogP contribution in [-0.2, 0) is 5.41 Å². The quantitative estimate of drug-likeness (QED) is 0.783. The van der Waals surface area contributed by atoms with Gasteiger partial charge in [0.25, 0.3) is 0 Å². The highest BCUT2D eigenvalue weighted by atomic mass is 16.3. The minimum absolute atomic E-state index is 0.0427. The van der Waals surface area contributed by atoms with Gasteiger partial charge in [-0.3, -0.25) is 0 Å². The van der Waals surface area contributed by atoms with Gasteiger partial charge in [0.15, 0.2) is 0 Å². The molecule has 0 fully saturated rings. The van der Waals surface area contributed by atoms with E-state index in [-0.39, 0.29) is 24.1 Å². The summed E-state index contributed by atoms with van der Waals surface area (Å²) in [5, 5.41) is 14.3. The largest absolute Gasteiger partial charge is 0.396 e. The SMILES string of the molecule is CC(CCO)NC(=O)Nc1ccc(C(C)(C)C)cc1. The molecule has 2 amide bonds. The van der Waals surface area contributed by atoms with Gasteiger partial charge in [0.05, 0.1) is 0 Å². The van der Waals surface area contributed by atoms with Crippen LogP contribution in [0.15, 0.2) is 24.3 Å². The molecular formula is C15H24N2O2. The second-order valence-electron chi connectivity index (χ2n) is 5.84. The molecule has 3 N–H and O–H groups in total. The van der Waals surface area contributed by atoms with Gasteiger partial charge in [0, 0.05) is 18.3 Å². The van der Waals surface area contributed by atoms with Gasteiger partial charge in [0.2, 0.25) is 0 Å². The molecule has 0 saturated carbocycles. The van der Waals surface area contributed by atoms with Crippen molar-refractivity contribution >= 4 is 11.7 Å². The Bertz CT molecular complexity index is 407. The zero-order valence-electron chi connectivity index (χ0n) is 12.2. The molecule has 0 bridgehead atoms. The Kier molecular flexibility index (Phi) is 5.36. The van der Waals surface area contributed by atoms with E-state index in [9.17, 15) is 4.79 Å². The van der Waals surface area contributed by atoms with Crippen LogP contribution in [0.5, 0.6) is 0 Å². The Labute approximate surface area is 115 Å². The topological polar surface area (TPSA) is 61.4 Å². The van der Waals surface area contributed by atoms with E-state index in [0.29, 0.717) is 6.42 Å². The maximum absolute atomic E-state index is 11.7. The third-order valence-corrected chi connectivity index (χ3v) is 2.95. The van der Waals surface area contributed by atoms with E-state index in [0.717, 1.165) is 5.69 Å². The summed E-state index contributed by atoms with van der Waals surface area (Å²) in [6.07, 6.45) is 0.552. The maximum atomic E-state index is 11.7. The average Bonchev–Trinajstić information content (AvgIpc) is 2.28. The number of urea groups is 1. The third kappa shape index (κ3) is 5.30. The van der Waals surface area contributed by atoms with E-state index in [1.165, 1.54) is 5.56 Å². The standard InChI is InChI=1S/C15H24N2O2/c1-11(9-10-18)16-14(19)17-13-7-5-12(6-8-13)15(2,3)4/h5-8,11,18H,9-10H2,1-4H3,(H2,16,17,19). The monoisotopic (exact) mass is 264 g/mol. The molecule has 0 aliphatic rings. The van der Waals surface area contributed by atoms with Crippen LogP contribution in [0.25, 0.3) is 0 Å². The minimum Gasteiger partial charge on any atom is -0.396 e. The Balaban J connectivity index is 2.56. The summed E-state index contributed by atoms with van der Waals surface area (Å²) in [6, 6.07) is 7.55. The summed E-state index contributed by atoms with van der Waals surface area (Å²) in [5.74, 6) is 0. The number of nitrogens with one attached hydrogen (secondary N) is 2. The van der Waals surface area contributed by atoms with E-state index in [1.54, 1.807) is 0 Å². The van der Waals surface area contributed by atoms with Gasteiger partial charge in [0.1, 0.15) is 0 Å². The van der Waals surface area contributed by atoms with Crippen molar-refractivity contribution < 1.29 is 9.90 Å². The molecule has 0 aliphatic heterocycles. The molecule has 1 unspecified atom stereocenters. The van der Waals surface area contributed by atoms with E-state index in [1.807, 2.05) is 31.2 Å². The number of carbonyl (C=O) groups excluding carboxylic acids is 1. The fourth-order valence-corrected chi connectivity index (χ4v) is 1.71. The summed E-state index contributed by atoms with van der Waals surface area (Å²) in [5.41, 5.74) is 2.10. The first-order valence-corrected chi connectivity index (χ1v) is 6.62. The lowest BCUT2D eigenvalue weighted by atomic mass is 9.87. The van der Waals surface area contributed by atoms with Crippen LogP contribution in [0.3, 0.4) is 0 Å². The number of aliphatic hydroxyl groups is 1. The first-order valence-electron chi connectivity index (χ1n) is 6.62. The van der Waals surface area contributed by atoms with Crippen molar-refractivity contribution in [1.29, 1.82) is 0 Å². The summed E-state index contributed by atoms with van der Waals surface area (Å²) in [6.45, 7) is 8.39. The van der Waals surface area contributed by atoms with E-state index in [4.69, 9.17) is 5.11 Å². The van der Waals surface area contributed by atoms with Crippen molar-refractivity contribution in [2.24, 2.45) is 0 Å². The van der Waals surface area contributed by atoms with Crippen LogP contribution in [0.4, 0.5) is 10.5 Å². The zero-order chi connectivity index (χ0) is 14.5. The van der Waals surface area contributed by atoms with Gasteiger partial charge in [-0.2, -0.15) is 0 Å². The summed E-state index contributed by atoms with van der Waals surface area (Å²) in [7, 11) is 0. The number of rotatable bonds is 4. The van der Waals surface area contributed by atoms with Gasteiger partial charge >= 0.3 is 6.03 Å². The highest BCUT2D eigenvalue weighted by Gasteiger charge is 2.13. The number of carbonyl (C=O) groups is 1. The molecule has 1 aromatic carbocycles. The first-order chi connectivity index (χ1) is 8.82. The van der Waals surface area contributed by atoms with Crippen molar-refractivity contribution in [3.05, 3.63) is 29.8 Å². The van der Waals surface area contributed by atoms with Gasteiger partial charge in [-0.05, 0) is 36.5 Å². The molecule has 0 radical (unpaired) electrons. The summed E-state index contributed by atoms with van der Waals surface area (Å²) in [4.78, 5) is 11.7. The molecule has 0 aromatic heterocycles. The highest BCUT2D eigenvalue weighted by molar-refractivity contribution is 5.89. The second-order valence-corrected chi connectivity index (χ2v) is 5.84. The van der Waals surface area contributed by atoms with Gasteiger partial charge < -0.3 is 15.7 Å². The number of hydrogen-bond donors (Lipinski definition) is 3. The van der Waals surface area contributed by atoms with Gasteiger partial charge in [-0.15, -0.1) is 0 Å². The Morgan fingerprint density at radius 3 is 2.32 bits per heavy atom. The molecule has 1 atom stereocenters. The van der Waals surface area contributed by atoms with Crippen LogP contribution in [0.2, 0.25) is 0 Å². The lowest BCUT2D eigenvalue weighted by molar-refractivity contribution is 0.241. The smallest absolute Gasteiger partial charge is 0.319 e. The maximum Gasteiger partial charge on any atom is 0.319 e. The highest BCUT2D eigenvalue weighted by Crippen LogP contribution is 2.23. The van der Waals surface area contributed by atoms with Gasteiger partial charge in [-0.25, -0.2) is 4.79 Å². The average molecular weight is 264 g/mol. The number of hydrogen-bond acceptors (Lipinski definition) is 2. The van der Waals surface area contributed by atoms with Crippen molar-refractivity contribution in [1.82, 2.24) is 5.32 Å². The molecule has 1 rings (SSSR count). The number of amides is 2. The van der Waals surface area contributed by atoms with Crippen LogP contribution in [-0.4, -0.2) is 23.8 Å². The molecule has 0 aliphatic carbocycles. The minimum atomic E-state index is -0.246. The van der Waals surface area contributed by atoms with Gasteiger partial charge in [-0.1, -0.05) is 32.9 Å². The normalized spacial score (nSPS) is 12.9. The molecule has 0 spiro atoms. The van der Waals surface area contributed by atoms with E-state index >= 15 is 0 Å². The second kappa shape index (κ2) is 6.57.